The maximum atomic E-state index is 12.5. The fraction of sp³-hybridized carbons (Fsp3) is 0.600. The van der Waals surface area contributed by atoms with Crippen LogP contribution in [0.3, 0.4) is 0 Å². The van der Waals surface area contributed by atoms with Crippen molar-refractivity contribution in [3.8, 4) is 0 Å². The summed E-state index contributed by atoms with van der Waals surface area (Å²) in [6.45, 7) is 3.13. The second-order valence-corrected chi connectivity index (χ2v) is 7.38. The highest BCUT2D eigenvalue weighted by atomic mass is 32.2. The van der Waals surface area contributed by atoms with Crippen LogP contribution >= 0.6 is 0 Å². The van der Waals surface area contributed by atoms with Crippen LogP contribution in [0.4, 0.5) is 0 Å². The lowest BCUT2D eigenvalue weighted by Gasteiger charge is -2.25. The Bertz CT molecular complexity index is 536. The van der Waals surface area contributed by atoms with Crippen LogP contribution in [0.5, 0.6) is 0 Å². The Kier molecular flexibility index (Phi) is 5.18. The van der Waals surface area contributed by atoms with Gasteiger partial charge in [-0.3, -0.25) is 0 Å². The zero-order valence-corrected chi connectivity index (χ0v) is 13.0. The van der Waals surface area contributed by atoms with E-state index in [0.29, 0.717) is 11.4 Å². The summed E-state index contributed by atoms with van der Waals surface area (Å²) in [6.07, 6.45) is 4.31. The number of ether oxygens (including phenoxy) is 1. The smallest absolute Gasteiger partial charge is 0.243 e. The first-order chi connectivity index (χ1) is 9.51. The minimum atomic E-state index is -3.39. The van der Waals surface area contributed by atoms with Crippen LogP contribution in [0.1, 0.15) is 31.2 Å². The van der Waals surface area contributed by atoms with Gasteiger partial charge in [0.15, 0.2) is 0 Å². The van der Waals surface area contributed by atoms with E-state index in [9.17, 15) is 8.42 Å². The number of hydrogen-bond donors (Lipinski definition) is 0. The van der Waals surface area contributed by atoms with E-state index in [1.807, 2.05) is 19.1 Å². The molecule has 0 spiro atoms. The molecule has 20 heavy (non-hydrogen) atoms. The standard InChI is InChI=1S/C15H23NO3S/c1-13-7-3-4-9-15(13)20(17,18)16(2)11-10-14-8-5-6-12-19-14/h3-4,7,9,14H,5-6,8,10-12H2,1-2H3. The molecule has 0 amide bonds. The summed E-state index contributed by atoms with van der Waals surface area (Å²) >= 11 is 0. The fourth-order valence-electron chi connectivity index (χ4n) is 2.49. The summed E-state index contributed by atoms with van der Waals surface area (Å²) in [5, 5.41) is 0. The summed E-state index contributed by atoms with van der Waals surface area (Å²) in [5.41, 5.74) is 0.785. The minimum Gasteiger partial charge on any atom is -0.378 e. The van der Waals surface area contributed by atoms with Gasteiger partial charge in [-0.1, -0.05) is 18.2 Å². The van der Waals surface area contributed by atoms with E-state index in [2.05, 4.69) is 0 Å². The van der Waals surface area contributed by atoms with Crippen LogP contribution in [-0.2, 0) is 14.8 Å². The predicted octanol–water partition coefficient (Wildman–Crippen LogP) is 2.57. The summed E-state index contributed by atoms with van der Waals surface area (Å²) in [4.78, 5) is 0.395. The van der Waals surface area contributed by atoms with Gasteiger partial charge >= 0.3 is 0 Å². The summed E-state index contributed by atoms with van der Waals surface area (Å²) < 4.78 is 32.1. The number of sulfonamides is 1. The molecule has 1 aromatic carbocycles. The topological polar surface area (TPSA) is 46.6 Å². The SMILES string of the molecule is Cc1ccccc1S(=O)(=O)N(C)CCC1CCCCO1. The molecule has 1 heterocycles. The van der Waals surface area contributed by atoms with Crippen molar-refractivity contribution in [3.05, 3.63) is 29.8 Å². The van der Waals surface area contributed by atoms with Gasteiger partial charge in [0.25, 0.3) is 0 Å². The lowest BCUT2D eigenvalue weighted by atomic mass is 10.1. The van der Waals surface area contributed by atoms with E-state index in [-0.39, 0.29) is 6.10 Å². The van der Waals surface area contributed by atoms with E-state index in [1.54, 1.807) is 19.2 Å². The van der Waals surface area contributed by atoms with Crippen molar-refractivity contribution in [2.75, 3.05) is 20.2 Å². The first-order valence-electron chi connectivity index (χ1n) is 7.15. The third-order valence-corrected chi connectivity index (χ3v) is 5.84. The normalized spacial score (nSPS) is 20.2. The maximum absolute atomic E-state index is 12.5. The van der Waals surface area contributed by atoms with E-state index in [0.717, 1.165) is 31.4 Å². The second kappa shape index (κ2) is 6.70. The largest absolute Gasteiger partial charge is 0.378 e. The van der Waals surface area contributed by atoms with E-state index < -0.39 is 10.0 Å². The highest BCUT2D eigenvalue weighted by molar-refractivity contribution is 7.89. The Morgan fingerprint density at radius 1 is 1.30 bits per heavy atom. The van der Waals surface area contributed by atoms with Gasteiger partial charge in [-0.15, -0.1) is 0 Å². The molecule has 0 N–H and O–H groups in total. The van der Waals surface area contributed by atoms with Gasteiger partial charge in [-0.25, -0.2) is 12.7 Å². The Labute approximate surface area is 121 Å². The molecule has 1 fully saturated rings. The van der Waals surface area contributed by atoms with Crippen molar-refractivity contribution in [2.24, 2.45) is 0 Å². The lowest BCUT2D eigenvalue weighted by Crippen LogP contribution is -2.32. The van der Waals surface area contributed by atoms with Crippen molar-refractivity contribution < 1.29 is 13.2 Å². The van der Waals surface area contributed by atoms with Crippen molar-refractivity contribution >= 4 is 10.0 Å². The molecule has 4 nitrogen and oxygen atoms in total. The van der Waals surface area contributed by atoms with Crippen LogP contribution < -0.4 is 0 Å². The average Bonchev–Trinajstić information content (AvgIpc) is 2.46. The zero-order valence-electron chi connectivity index (χ0n) is 12.2. The van der Waals surface area contributed by atoms with E-state index in [1.165, 1.54) is 10.7 Å². The van der Waals surface area contributed by atoms with Gasteiger partial charge in [0.05, 0.1) is 11.0 Å². The van der Waals surface area contributed by atoms with Crippen molar-refractivity contribution in [1.29, 1.82) is 0 Å². The first kappa shape index (κ1) is 15.5. The number of rotatable bonds is 5. The molecule has 1 aliphatic rings. The van der Waals surface area contributed by atoms with Gasteiger partial charge in [-0.2, -0.15) is 0 Å². The Hall–Kier alpha value is -0.910. The molecule has 0 aromatic heterocycles. The predicted molar refractivity (Wildman–Crippen MR) is 79.2 cm³/mol. The van der Waals surface area contributed by atoms with Crippen molar-refractivity contribution in [1.82, 2.24) is 4.31 Å². The highest BCUT2D eigenvalue weighted by Crippen LogP contribution is 2.20. The lowest BCUT2D eigenvalue weighted by molar-refractivity contribution is 0.00950. The molecular weight excluding hydrogens is 274 g/mol. The zero-order chi connectivity index (χ0) is 14.6. The van der Waals surface area contributed by atoms with Gasteiger partial charge < -0.3 is 4.74 Å². The van der Waals surface area contributed by atoms with Gasteiger partial charge in [-0.05, 0) is 44.2 Å². The van der Waals surface area contributed by atoms with Crippen LogP contribution in [0.2, 0.25) is 0 Å². The van der Waals surface area contributed by atoms with Crippen LogP contribution in [-0.4, -0.2) is 39.0 Å². The molecule has 2 rings (SSSR count). The summed E-state index contributed by atoms with van der Waals surface area (Å²) in [6, 6.07) is 7.10. The number of aryl methyl sites for hydroxylation is 1. The van der Waals surface area contributed by atoms with E-state index >= 15 is 0 Å². The van der Waals surface area contributed by atoms with Crippen LogP contribution in [0.25, 0.3) is 0 Å². The summed E-state index contributed by atoms with van der Waals surface area (Å²) in [5.74, 6) is 0. The molecular formula is C15H23NO3S. The maximum Gasteiger partial charge on any atom is 0.243 e. The van der Waals surface area contributed by atoms with Crippen molar-refractivity contribution in [2.45, 2.75) is 43.6 Å². The third kappa shape index (κ3) is 3.59. The van der Waals surface area contributed by atoms with E-state index in [4.69, 9.17) is 4.74 Å². The second-order valence-electron chi connectivity index (χ2n) is 5.37. The van der Waals surface area contributed by atoms with Crippen LogP contribution in [0.15, 0.2) is 29.2 Å². The average molecular weight is 297 g/mol. The molecule has 0 bridgehead atoms. The van der Waals surface area contributed by atoms with Crippen molar-refractivity contribution in [3.63, 3.8) is 0 Å². The molecule has 5 heteroatoms. The number of nitrogens with zero attached hydrogens (tertiary/aromatic N) is 1. The van der Waals surface area contributed by atoms with Gasteiger partial charge in [0.1, 0.15) is 0 Å². The monoisotopic (exact) mass is 297 g/mol. The molecule has 0 saturated carbocycles. The third-order valence-electron chi connectivity index (χ3n) is 3.82. The summed E-state index contributed by atoms with van der Waals surface area (Å²) in [7, 11) is -1.75. The van der Waals surface area contributed by atoms with Crippen LogP contribution in [0, 0.1) is 6.92 Å². The highest BCUT2D eigenvalue weighted by Gasteiger charge is 2.23. The Balaban J connectivity index is 2.00. The first-order valence-corrected chi connectivity index (χ1v) is 8.59. The molecule has 1 saturated heterocycles. The molecule has 0 radical (unpaired) electrons. The molecule has 1 unspecified atom stereocenters. The fourth-order valence-corrected chi connectivity index (χ4v) is 3.90. The molecule has 1 atom stereocenters. The molecule has 112 valence electrons. The Morgan fingerprint density at radius 3 is 2.70 bits per heavy atom. The molecule has 1 aliphatic heterocycles. The molecule has 1 aromatic rings. The number of benzene rings is 1. The van der Waals surface area contributed by atoms with Gasteiger partial charge in [0, 0.05) is 20.2 Å². The Morgan fingerprint density at radius 2 is 2.05 bits per heavy atom. The minimum absolute atomic E-state index is 0.207. The number of hydrogen-bond acceptors (Lipinski definition) is 3. The molecule has 0 aliphatic carbocycles. The quantitative estimate of drug-likeness (QED) is 0.839. The van der Waals surface area contributed by atoms with Gasteiger partial charge in [0.2, 0.25) is 10.0 Å².